The molecule has 160 valence electrons. The monoisotopic (exact) mass is 412 g/mol. The molecule has 0 N–H and O–H groups in total. The Morgan fingerprint density at radius 2 is 1.96 bits per heavy atom. The zero-order valence-electron chi connectivity index (χ0n) is 17.5. The Hall–Kier alpha value is -0.960. The van der Waals surface area contributed by atoms with Crippen molar-refractivity contribution in [1.82, 2.24) is 19.4 Å². The van der Waals surface area contributed by atoms with Gasteiger partial charge in [-0.1, -0.05) is 20.3 Å². The number of morpholine rings is 1. The van der Waals surface area contributed by atoms with Gasteiger partial charge in [0.15, 0.2) is 0 Å². The van der Waals surface area contributed by atoms with Gasteiger partial charge in [-0.2, -0.15) is 0 Å². The molecule has 0 aromatic carbocycles. The molecule has 1 atom stereocenters. The largest absolute Gasteiger partial charge is 0.379 e. The molecule has 7 nitrogen and oxygen atoms in total. The van der Waals surface area contributed by atoms with Crippen molar-refractivity contribution >= 4 is 9.84 Å². The molecule has 2 aliphatic heterocycles. The molecule has 2 aliphatic rings. The topological polar surface area (TPSA) is 67.7 Å². The van der Waals surface area contributed by atoms with E-state index in [0.29, 0.717) is 5.92 Å². The molecule has 1 unspecified atom stereocenters. The molecule has 3 heterocycles. The second kappa shape index (κ2) is 10.2. The van der Waals surface area contributed by atoms with Crippen LogP contribution in [0, 0.1) is 5.92 Å². The van der Waals surface area contributed by atoms with Crippen LogP contribution in [0.1, 0.15) is 45.2 Å². The number of rotatable bonds is 9. The third kappa shape index (κ3) is 5.55. The minimum atomic E-state index is -3.29. The average Bonchev–Trinajstić information content (AvgIpc) is 3.10. The number of likely N-dealkylation sites (tertiary alicyclic amines) is 1. The third-order valence-corrected chi connectivity index (χ3v) is 7.55. The molecular formula is C20H36N4O3S. The van der Waals surface area contributed by atoms with E-state index in [1.165, 1.54) is 12.8 Å². The number of ether oxygens (including phenoxy) is 1. The van der Waals surface area contributed by atoms with Crippen LogP contribution in [-0.4, -0.2) is 79.5 Å². The Bertz CT molecular complexity index is 713. The predicted octanol–water partition coefficient (Wildman–Crippen LogP) is 2.02. The average molecular weight is 413 g/mol. The smallest absolute Gasteiger partial charge is 0.227 e. The number of unbranched alkanes of at least 4 members (excludes halogenated alkanes) is 1. The first-order chi connectivity index (χ1) is 13.5. The van der Waals surface area contributed by atoms with Crippen molar-refractivity contribution in [1.29, 1.82) is 0 Å². The van der Waals surface area contributed by atoms with Gasteiger partial charge in [-0.25, -0.2) is 13.4 Å². The first kappa shape index (κ1) is 21.7. The van der Waals surface area contributed by atoms with Crippen LogP contribution >= 0.6 is 0 Å². The number of aromatic nitrogens is 2. The highest BCUT2D eigenvalue weighted by Gasteiger charge is 2.26. The lowest BCUT2D eigenvalue weighted by atomic mass is 9.97. The highest BCUT2D eigenvalue weighted by Crippen LogP contribution is 2.22. The Kier molecular flexibility index (Phi) is 7.91. The summed E-state index contributed by atoms with van der Waals surface area (Å²) in [7, 11) is -3.29. The molecule has 0 amide bonds. The van der Waals surface area contributed by atoms with E-state index in [-0.39, 0.29) is 10.9 Å². The van der Waals surface area contributed by atoms with Crippen molar-refractivity contribution in [2.75, 3.05) is 51.7 Å². The fourth-order valence-electron chi connectivity index (χ4n) is 4.27. The van der Waals surface area contributed by atoms with Crippen LogP contribution < -0.4 is 0 Å². The van der Waals surface area contributed by atoms with E-state index in [4.69, 9.17) is 4.74 Å². The van der Waals surface area contributed by atoms with Gasteiger partial charge in [-0.3, -0.25) is 9.80 Å². The van der Waals surface area contributed by atoms with Gasteiger partial charge >= 0.3 is 0 Å². The predicted molar refractivity (Wildman–Crippen MR) is 110 cm³/mol. The van der Waals surface area contributed by atoms with E-state index >= 15 is 0 Å². The Labute approximate surface area is 170 Å². The lowest BCUT2D eigenvalue weighted by Gasteiger charge is -2.36. The van der Waals surface area contributed by atoms with Crippen LogP contribution in [0.3, 0.4) is 0 Å². The molecule has 0 aliphatic carbocycles. The van der Waals surface area contributed by atoms with Gasteiger partial charge in [0.1, 0.15) is 0 Å². The van der Waals surface area contributed by atoms with Gasteiger partial charge < -0.3 is 9.30 Å². The van der Waals surface area contributed by atoms with E-state index in [0.717, 1.165) is 77.6 Å². The second-order valence-electron chi connectivity index (χ2n) is 8.10. The lowest BCUT2D eigenvalue weighted by molar-refractivity contribution is 0.0223. The van der Waals surface area contributed by atoms with Gasteiger partial charge in [0.2, 0.25) is 15.0 Å². The van der Waals surface area contributed by atoms with Crippen molar-refractivity contribution in [3.63, 3.8) is 0 Å². The van der Waals surface area contributed by atoms with Crippen molar-refractivity contribution in [3.8, 4) is 0 Å². The quantitative estimate of drug-likeness (QED) is 0.618. The molecule has 0 bridgehead atoms. The van der Waals surface area contributed by atoms with Crippen LogP contribution in [0.25, 0.3) is 0 Å². The van der Waals surface area contributed by atoms with Gasteiger partial charge in [-0.05, 0) is 31.7 Å². The summed E-state index contributed by atoms with van der Waals surface area (Å²) in [4.78, 5) is 9.32. The van der Waals surface area contributed by atoms with Gasteiger partial charge in [0.25, 0.3) is 0 Å². The molecule has 0 spiro atoms. The maximum atomic E-state index is 12.5. The summed E-state index contributed by atoms with van der Waals surface area (Å²) in [5.74, 6) is 0.777. The highest BCUT2D eigenvalue weighted by atomic mass is 32.2. The number of nitrogens with zero attached hydrogens (tertiary/aromatic N) is 4. The minimum absolute atomic E-state index is 0.0981. The Morgan fingerprint density at radius 3 is 2.68 bits per heavy atom. The molecule has 2 saturated heterocycles. The molecule has 8 heteroatoms. The maximum Gasteiger partial charge on any atom is 0.227 e. The SMILES string of the molecule is CCCCn1c(CN2CCCC(CN3CCOCC3)C2)cnc1S(=O)(=O)CC. The number of hydrogen-bond acceptors (Lipinski definition) is 6. The molecule has 2 fully saturated rings. The Morgan fingerprint density at radius 1 is 1.18 bits per heavy atom. The summed E-state index contributed by atoms with van der Waals surface area (Å²) >= 11 is 0. The summed E-state index contributed by atoms with van der Waals surface area (Å²) in [6.07, 6.45) is 6.27. The zero-order valence-corrected chi connectivity index (χ0v) is 18.3. The van der Waals surface area contributed by atoms with Crippen molar-refractivity contribution in [3.05, 3.63) is 11.9 Å². The van der Waals surface area contributed by atoms with E-state index in [1.54, 1.807) is 13.1 Å². The molecule has 0 saturated carbocycles. The van der Waals surface area contributed by atoms with Crippen LogP contribution in [0.2, 0.25) is 0 Å². The molecule has 1 aromatic rings. The molecule has 3 rings (SSSR count). The zero-order chi connectivity index (χ0) is 20.0. The Balaban J connectivity index is 1.66. The third-order valence-electron chi connectivity index (χ3n) is 5.90. The summed E-state index contributed by atoms with van der Waals surface area (Å²) in [6.45, 7) is 12.4. The fourth-order valence-corrected chi connectivity index (χ4v) is 5.29. The summed E-state index contributed by atoms with van der Waals surface area (Å²) in [6, 6.07) is 0. The van der Waals surface area contributed by atoms with Crippen LogP contribution in [0.15, 0.2) is 11.4 Å². The molecule has 0 radical (unpaired) electrons. The van der Waals surface area contributed by atoms with Crippen molar-refractivity contribution in [2.45, 2.75) is 57.8 Å². The highest BCUT2D eigenvalue weighted by molar-refractivity contribution is 7.91. The van der Waals surface area contributed by atoms with E-state index in [1.807, 2.05) is 4.57 Å². The van der Waals surface area contributed by atoms with Crippen LogP contribution in [0.4, 0.5) is 0 Å². The van der Waals surface area contributed by atoms with Gasteiger partial charge in [0, 0.05) is 39.3 Å². The van der Waals surface area contributed by atoms with E-state index < -0.39 is 9.84 Å². The summed E-state index contributed by atoms with van der Waals surface area (Å²) < 4.78 is 32.3. The number of sulfone groups is 1. The number of hydrogen-bond donors (Lipinski definition) is 0. The number of imidazole rings is 1. The molecule has 28 heavy (non-hydrogen) atoms. The minimum Gasteiger partial charge on any atom is -0.379 e. The van der Waals surface area contributed by atoms with Crippen LogP contribution in [-0.2, 0) is 27.7 Å². The maximum absolute atomic E-state index is 12.5. The van der Waals surface area contributed by atoms with Crippen molar-refractivity contribution < 1.29 is 13.2 Å². The molecular weight excluding hydrogens is 376 g/mol. The van der Waals surface area contributed by atoms with Crippen molar-refractivity contribution in [2.24, 2.45) is 5.92 Å². The summed E-state index contributed by atoms with van der Waals surface area (Å²) in [5, 5.41) is 0.250. The van der Waals surface area contributed by atoms with Crippen LogP contribution in [0.5, 0.6) is 0 Å². The van der Waals surface area contributed by atoms with E-state index in [9.17, 15) is 8.42 Å². The fraction of sp³-hybridized carbons (Fsp3) is 0.850. The standard InChI is InChI=1S/C20H36N4O3S/c1-3-5-9-24-19(14-21-20(24)28(25,26)4-2)17-23-8-6-7-18(16-23)15-22-10-12-27-13-11-22/h14,18H,3-13,15-17H2,1-2H3. The summed E-state index contributed by atoms with van der Waals surface area (Å²) in [5.41, 5.74) is 1.03. The first-order valence-electron chi connectivity index (χ1n) is 10.8. The van der Waals surface area contributed by atoms with E-state index in [2.05, 4.69) is 21.7 Å². The second-order valence-corrected chi connectivity index (χ2v) is 10.3. The molecule has 1 aromatic heterocycles. The number of piperidine rings is 1. The normalized spacial score (nSPS) is 22.6. The first-order valence-corrected chi connectivity index (χ1v) is 12.5. The van der Waals surface area contributed by atoms with Gasteiger partial charge in [-0.15, -0.1) is 0 Å². The lowest BCUT2D eigenvalue weighted by Crippen LogP contribution is -2.44. The van der Waals surface area contributed by atoms with Gasteiger partial charge in [0.05, 0.1) is 30.9 Å².